The zero-order valence-electron chi connectivity index (χ0n) is 34.0. The van der Waals surface area contributed by atoms with Crippen LogP contribution >= 0.6 is 0 Å². The number of nitrogens with one attached hydrogen (secondary N) is 3. The molecule has 0 bridgehead atoms. The number of carbonyl (C=O) groups excluding carboxylic acids is 3. The minimum Gasteiger partial charge on any atom is -0.320 e. The molecular formula is C42H66N6O3. The molecule has 6 amide bonds. The molecule has 282 valence electrons. The van der Waals surface area contributed by atoms with E-state index in [4.69, 9.17) is 0 Å². The van der Waals surface area contributed by atoms with Gasteiger partial charge in [-0.1, -0.05) is 53.1 Å². The SMILES string of the molecule is Cc1ccc(NC(=O)N(C(C)C)C(C)C)cc1.Cc1ccc(NC(=O)N(C(C)C)C(C)C)cc1.Cc1ccc(NC(=O)N(C(C)C)C(C)C)cc1. The van der Waals surface area contributed by atoms with Crippen molar-refractivity contribution in [3.8, 4) is 0 Å². The van der Waals surface area contributed by atoms with Crippen molar-refractivity contribution in [2.75, 3.05) is 16.0 Å². The Morgan fingerprint density at radius 3 is 0.647 bits per heavy atom. The average Bonchev–Trinajstić information content (AvgIpc) is 3.00. The van der Waals surface area contributed by atoms with Crippen molar-refractivity contribution in [2.24, 2.45) is 0 Å². The van der Waals surface area contributed by atoms with Gasteiger partial charge in [-0.3, -0.25) is 0 Å². The molecule has 0 spiro atoms. The number of rotatable bonds is 9. The minimum atomic E-state index is -0.0427. The third-order valence-electron chi connectivity index (χ3n) is 7.95. The quantitative estimate of drug-likeness (QED) is 0.207. The Hall–Kier alpha value is -4.53. The molecule has 9 nitrogen and oxygen atoms in total. The van der Waals surface area contributed by atoms with Gasteiger partial charge in [0.15, 0.2) is 0 Å². The fourth-order valence-corrected chi connectivity index (χ4v) is 5.67. The standard InChI is InChI=1S/3C14H22N2O/c3*1-10(2)16(11(3)4)14(17)15-13-8-6-12(5)7-9-13/h3*6-11H,1-5H3,(H,15,17). The lowest BCUT2D eigenvalue weighted by Crippen LogP contribution is -2.44. The smallest absolute Gasteiger partial charge is 0.320 e. The van der Waals surface area contributed by atoms with Crippen LogP contribution in [-0.4, -0.2) is 69.0 Å². The maximum Gasteiger partial charge on any atom is 0.322 e. The molecule has 0 unspecified atom stereocenters. The van der Waals surface area contributed by atoms with Gasteiger partial charge in [-0.05, 0) is 140 Å². The Balaban J connectivity index is 0.000000382. The van der Waals surface area contributed by atoms with Crippen LogP contribution in [-0.2, 0) is 0 Å². The van der Waals surface area contributed by atoms with Gasteiger partial charge in [0.1, 0.15) is 0 Å². The number of hydrogen-bond acceptors (Lipinski definition) is 3. The summed E-state index contributed by atoms with van der Waals surface area (Å²) in [6, 6.07) is 24.5. The Morgan fingerprint density at radius 2 is 0.510 bits per heavy atom. The number of anilines is 3. The second kappa shape index (κ2) is 21.6. The van der Waals surface area contributed by atoms with E-state index in [0.29, 0.717) is 0 Å². The summed E-state index contributed by atoms with van der Waals surface area (Å²) in [5.41, 5.74) is 6.08. The summed E-state index contributed by atoms with van der Waals surface area (Å²) in [4.78, 5) is 41.8. The van der Waals surface area contributed by atoms with Crippen molar-refractivity contribution in [2.45, 2.75) is 140 Å². The number of urea groups is 3. The highest BCUT2D eigenvalue weighted by molar-refractivity contribution is 5.91. The van der Waals surface area contributed by atoms with E-state index in [1.165, 1.54) is 16.7 Å². The van der Waals surface area contributed by atoms with Crippen LogP contribution in [0.3, 0.4) is 0 Å². The van der Waals surface area contributed by atoms with Crippen LogP contribution < -0.4 is 16.0 Å². The molecule has 3 aromatic rings. The molecule has 3 aromatic carbocycles. The lowest BCUT2D eigenvalue weighted by Gasteiger charge is -2.30. The maximum atomic E-state index is 12.1. The molecule has 3 N–H and O–H groups in total. The van der Waals surface area contributed by atoms with Gasteiger partial charge in [0.25, 0.3) is 0 Å². The summed E-state index contributed by atoms with van der Waals surface area (Å²) in [6.07, 6.45) is 0. The van der Waals surface area contributed by atoms with Crippen LogP contribution in [0.1, 0.15) is 99.8 Å². The van der Waals surface area contributed by atoms with Crippen molar-refractivity contribution in [3.05, 3.63) is 89.5 Å². The van der Waals surface area contributed by atoms with E-state index in [1.54, 1.807) is 0 Å². The Kier molecular flexibility index (Phi) is 18.9. The average molecular weight is 703 g/mol. The van der Waals surface area contributed by atoms with Gasteiger partial charge in [0, 0.05) is 53.3 Å². The van der Waals surface area contributed by atoms with Crippen molar-refractivity contribution in [1.82, 2.24) is 14.7 Å². The van der Waals surface area contributed by atoms with Crippen LogP contribution in [0.25, 0.3) is 0 Å². The van der Waals surface area contributed by atoms with Crippen LogP contribution in [0.4, 0.5) is 31.4 Å². The molecule has 0 aromatic heterocycles. The summed E-state index contributed by atoms with van der Waals surface area (Å²) in [5.74, 6) is 0. The molecule has 0 radical (unpaired) electrons. The summed E-state index contributed by atoms with van der Waals surface area (Å²) in [6.45, 7) is 30.4. The minimum absolute atomic E-state index is 0.0427. The van der Waals surface area contributed by atoms with Gasteiger partial charge in [-0.25, -0.2) is 14.4 Å². The molecule has 51 heavy (non-hydrogen) atoms. The lowest BCUT2D eigenvalue weighted by molar-refractivity contribution is 0.177. The van der Waals surface area contributed by atoms with E-state index >= 15 is 0 Å². The molecule has 0 heterocycles. The normalized spacial score (nSPS) is 10.8. The van der Waals surface area contributed by atoms with Gasteiger partial charge in [-0.2, -0.15) is 0 Å². The molecule has 0 fully saturated rings. The molecule has 3 rings (SSSR count). The summed E-state index contributed by atoms with van der Waals surface area (Å²) in [5, 5.41) is 8.76. The first-order chi connectivity index (χ1) is 23.7. The van der Waals surface area contributed by atoms with Crippen molar-refractivity contribution in [3.63, 3.8) is 0 Å². The van der Waals surface area contributed by atoms with E-state index in [2.05, 4.69) is 16.0 Å². The summed E-state index contributed by atoms with van der Waals surface area (Å²) < 4.78 is 0. The van der Waals surface area contributed by atoms with E-state index < -0.39 is 0 Å². The number of hydrogen-bond donors (Lipinski definition) is 3. The second-order valence-corrected chi connectivity index (χ2v) is 14.7. The van der Waals surface area contributed by atoms with Crippen LogP contribution in [0.5, 0.6) is 0 Å². The van der Waals surface area contributed by atoms with Gasteiger partial charge >= 0.3 is 18.1 Å². The zero-order valence-corrected chi connectivity index (χ0v) is 34.0. The van der Waals surface area contributed by atoms with Gasteiger partial charge < -0.3 is 30.7 Å². The first kappa shape index (κ1) is 44.5. The molecule has 9 heteroatoms. The van der Waals surface area contributed by atoms with Crippen LogP contribution in [0, 0.1) is 20.8 Å². The topological polar surface area (TPSA) is 97.0 Å². The van der Waals surface area contributed by atoms with Gasteiger partial charge in [-0.15, -0.1) is 0 Å². The van der Waals surface area contributed by atoms with Gasteiger partial charge in [0.05, 0.1) is 0 Å². The fourth-order valence-electron chi connectivity index (χ4n) is 5.67. The third kappa shape index (κ3) is 15.9. The van der Waals surface area contributed by atoms with Crippen molar-refractivity contribution >= 4 is 35.2 Å². The Morgan fingerprint density at radius 1 is 0.353 bits per heavy atom. The predicted octanol–water partition coefficient (Wildman–Crippen LogP) is 10.9. The van der Waals surface area contributed by atoms with E-state index in [0.717, 1.165) is 17.1 Å². The lowest BCUT2D eigenvalue weighted by atomic mass is 10.2. The summed E-state index contributed by atoms with van der Waals surface area (Å²) in [7, 11) is 0. The predicted molar refractivity (Wildman–Crippen MR) is 217 cm³/mol. The first-order valence-electron chi connectivity index (χ1n) is 18.2. The van der Waals surface area contributed by atoms with Crippen LogP contribution in [0.15, 0.2) is 72.8 Å². The van der Waals surface area contributed by atoms with E-state index in [9.17, 15) is 14.4 Å². The molecular weight excluding hydrogens is 637 g/mol. The number of benzene rings is 3. The second-order valence-electron chi connectivity index (χ2n) is 14.7. The molecule has 0 aliphatic heterocycles. The van der Waals surface area contributed by atoms with Gasteiger partial charge in [0.2, 0.25) is 0 Å². The molecule has 0 saturated carbocycles. The first-order valence-corrected chi connectivity index (χ1v) is 18.2. The Labute approximate surface area is 309 Å². The molecule has 0 atom stereocenters. The number of amides is 6. The monoisotopic (exact) mass is 703 g/mol. The molecule has 0 saturated heterocycles. The largest absolute Gasteiger partial charge is 0.322 e. The third-order valence-corrected chi connectivity index (χ3v) is 7.95. The number of aryl methyl sites for hydroxylation is 3. The number of nitrogens with zero attached hydrogens (tertiary/aromatic N) is 3. The fraction of sp³-hybridized carbons (Fsp3) is 0.500. The van der Waals surface area contributed by atoms with Crippen molar-refractivity contribution < 1.29 is 14.4 Å². The zero-order chi connectivity index (χ0) is 39.0. The molecule has 0 aliphatic carbocycles. The van der Waals surface area contributed by atoms with Crippen molar-refractivity contribution in [1.29, 1.82) is 0 Å². The summed E-state index contributed by atoms with van der Waals surface area (Å²) >= 11 is 0. The number of carbonyl (C=O) groups is 3. The highest BCUT2D eigenvalue weighted by Gasteiger charge is 2.21. The van der Waals surface area contributed by atoms with E-state index in [1.807, 2.05) is 191 Å². The highest BCUT2D eigenvalue weighted by atomic mass is 16.2. The Bertz CT molecular complexity index is 1260. The van der Waals surface area contributed by atoms with Crippen LogP contribution in [0.2, 0.25) is 0 Å². The maximum absolute atomic E-state index is 12.1. The molecule has 0 aliphatic rings. The van der Waals surface area contributed by atoms with E-state index in [-0.39, 0.29) is 54.3 Å². The highest BCUT2D eigenvalue weighted by Crippen LogP contribution is 2.15.